The van der Waals surface area contributed by atoms with E-state index in [1.807, 2.05) is 0 Å². The van der Waals surface area contributed by atoms with E-state index in [0.29, 0.717) is 11.8 Å². The Hall–Kier alpha value is 0.530. The summed E-state index contributed by atoms with van der Waals surface area (Å²) in [5.41, 5.74) is 2.55. The Labute approximate surface area is 86.5 Å². The van der Waals surface area contributed by atoms with E-state index in [4.69, 9.17) is 0 Å². The minimum Gasteiger partial charge on any atom is -0.761 e. The minimum atomic E-state index is 0.392. The topological polar surface area (TPSA) is 59.6 Å². The van der Waals surface area contributed by atoms with Crippen LogP contribution in [0.2, 0.25) is 0 Å². The Kier molecular flexibility index (Phi) is 10.0. The van der Waals surface area contributed by atoms with Crippen LogP contribution in [0.5, 0.6) is 0 Å². The molecule has 74 valence electrons. The van der Waals surface area contributed by atoms with Gasteiger partial charge >= 0.3 is 0 Å². The SMILES string of the molecule is CN([O-])ONCCCCNCI. The summed E-state index contributed by atoms with van der Waals surface area (Å²) >= 11 is 2.27. The van der Waals surface area contributed by atoms with E-state index >= 15 is 0 Å². The standard InChI is InChI=1S/C6H15IN3O2/c1-10(11)12-9-5-3-2-4-8-6-7/h8-9H,2-6H2,1H3/q-1. The Morgan fingerprint density at radius 3 is 2.67 bits per heavy atom. The molecule has 0 unspecified atom stereocenters. The molecule has 0 saturated heterocycles. The average Bonchev–Trinajstić information content (AvgIpc) is 2.02. The Bertz CT molecular complexity index is 94.9. The number of hydrogen-bond donors (Lipinski definition) is 2. The number of alkyl halides is 1. The summed E-state index contributed by atoms with van der Waals surface area (Å²) in [6.07, 6.45) is 2.08. The van der Waals surface area contributed by atoms with Crippen LogP contribution in [0.25, 0.3) is 0 Å². The van der Waals surface area contributed by atoms with E-state index in [9.17, 15) is 5.21 Å². The molecule has 0 aromatic heterocycles. The first-order chi connectivity index (χ1) is 5.77. The van der Waals surface area contributed by atoms with Gasteiger partial charge in [0.15, 0.2) is 0 Å². The maximum absolute atomic E-state index is 10.2. The van der Waals surface area contributed by atoms with Crippen LogP contribution in [-0.4, -0.2) is 29.9 Å². The molecule has 0 bridgehead atoms. The molecule has 0 aromatic rings. The second-order valence-corrected chi connectivity index (χ2v) is 3.03. The van der Waals surface area contributed by atoms with Crippen LogP contribution >= 0.6 is 22.6 Å². The highest BCUT2D eigenvalue weighted by molar-refractivity contribution is 14.1. The third-order valence-corrected chi connectivity index (χ3v) is 1.71. The van der Waals surface area contributed by atoms with Gasteiger partial charge in [-0.05, 0) is 19.4 Å². The normalized spacial score (nSPS) is 11.0. The first-order valence-corrected chi connectivity index (χ1v) is 5.37. The van der Waals surface area contributed by atoms with E-state index in [2.05, 4.69) is 38.3 Å². The van der Waals surface area contributed by atoms with Gasteiger partial charge in [0.1, 0.15) is 0 Å². The Morgan fingerprint density at radius 2 is 2.08 bits per heavy atom. The number of halogens is 1. The maximum atomic E-state index is 10.2. The van der Waals surface area contributed by atoms with Crippen LogP contribution in [0.3, 0.4) is 0 Å². The van der Waals surface area contributed by atoms with Gasteiger partial charge in [0, 0.05) is 18.1 Å². The summed E-state index contributed by atoms with van der Waals surface area (Å²) in [6.45, 7) is 1.72. The second-order valence-electron chi connectivity index (χ2n) is 2.27. The number of rotatable bonds is 8. The van der Waals surface area contributed by atoms with Crippen LogP contribution in [-0.2, 0) is 4.94 Å². The summed E-state index contributed by atoms with van der Waals surface area (Å²) in [4.78, 5) is 4.45. The smallest absolute Gasteiger partial charge is 0.0479 e. The lowest BCUT2D eigenvalue weighted by Gasteiger charge is -2.20. The van der Waals surface area contributed by atoms with Crippen molar-refractivity contribution < 1.29 is 4.94 Å². The molecule has 0 aliphatic rings. The van der Waals surface area contributed by atoms with Gasteiger partial charge < -0.3 is 10.5 Å². The molecular weight excluding hydrogens is 273 g/mol. The van der Waals surface area contributed by atoms with Gasteiger partial charge in [-0.1, -0.05) is 22.6 Å². The van der Waals surface area contributed by atoms with E-state index in [-0.39, 0.29) is 0 Å². The molecular formula is C6H15IN3O2-. The molecule has 0 radical (unpaired) electrons. The van der Waals surface area contributed by atoms with E-state index in [1.54, 1.807) is 0 Å². The van der Waals surface area contributed by atoms with Crippen LogP contribution in [0.1, 0.15) is 12.8 Å². The van der Waals surface area contributed by atoms with Crippen molar-refractivity contribution in [2.24, 2.45) is 0 Å². The largest absolute Gasteiger partial charge is 0.761 e. The number of hydrogen-bond acceptors (Lipinski definition) is 5. The monoisotopic (exact) mass is 288 g/mol. The van der Waals surface area contributed by atoms with Gasteiger partial charge in [-0.3, -0.25) is 0 Å². The molecule has 5 nitrogen and oxygen atoms in total. The van der Waals surface area contributed by atoms with Crippen LogP contribution in [0.15, 0.2) is 0 Å². The van der Waals surface area contributed by atoms with Gasteiger partial charge in [0.2, 0.25) is 0 Å². The van der Waals surface area contributed by atoms with Crippen molar-refractivity contribution in [2.45, 2.75) is 12.8 Å². The molecule has 0 heterocycles. The minimum absolute atomic E-state index is 0.392. The Balaban J connectivity index is 2.82. The fourth-order valence-corrected chi connectivity index (χ4v) is 1.03. The summed E-state index contributed by atoms with van der Waals surface area (Å²) in [5.74, 6) is 0. The fraction of sp³-hybridized carbons (Fsp3) is 1.00. The molecule has 0 aliphatic heterocycles. The van der Waals surface area contributed by atoms with Gasteiger partial charge in [-0.2, -0.15) is 5.48 Å². The first kappa shape index (κ1) is 12.5. The van der Waals surface area contributed by atoms with E-state index in [1.165, 1.54) is 7.05 Å². The molecule has 12 heavy (non-hydrogen) atoms. The summed E-state index contributed by atoms with van der Waals surface area (Å²) in [6, 6.07) is 0. The zero-order valence-corrected chi connectivity index (χ0v) is 9.33. The van der Waals surface area contributed by atoms with Crippen molar-refractivity contribution >= 4 is 22.6 Å². The highest BCUT2D eigenvalue weighted by Crippen LogP contribution is 1.86. The second kappa shape index (κ2) is 9.62. The van der Waals surface area contributed by atoms with E-state index in [0.717, 1.165) is 23.9 Å². The van der Waals surface area contributed by atoms with Crippen LogP contribution < -0.4 is 10.8 Å². The lowest BCUT2D eigenvalue weighted by atomic mass is 10.3. The van der Waals surface area contributed by atoms with Crippen LogP contribution in [0, 0.1) is 5.21 Å². The number of hydroxylamine groups is 3. The van der Waals surface area contributed by atoms with Crippen molar-refractivity contribution in [3.8, 4) is 0 Å². The zero-order valence-electron chi connectivity index (χ0n) is 7.18. The van der Waals surface area contributed by atoms with Crippen LogP contribution in [0.4, 0.5) is 0 Å². The molecule has 0 fully saturated rings. The summed E-state index contributed by atoms with van der Waals surface area (Å²) < 4.78 is 0.977. The van der Waals surface area contributed by atoms with Crippen molar-refractivity contribution in [3.05, 3.63) is 5.21 Å². The summed E-state index contributed by atoms with van der Waals surface area (Å²) in [5, 5.41) is 13.8. The number of nitrogens with zero attached hydrogens (tertiary/aromatic N) is 1. The fourth-order valence-electron chi connectivity index (χ4n) is 0.651. The number of unbranched alkanes of at least 4 members (excludes halogenated alkanes) is 1. The number of nitrogens with one attached hydrogen (secondary N) is 2. The van der Waals surface area contributed by atoms with Gasteiger partial charge in [0.25, 0.3) is 0 Å². The third-order valence-electron chi connectivity index (χ3n) is 1.17. The van der Waals surface area contributed by atoms with Gasteiger partial charge in [0.05, 0.1) is 0 Å². The van der Waals surface area contributed by atoms with Crippen molar-refractivity contribution in [3.63, 3.8) is 0 Å². The highest BCUT2D eigenvalue weighted by Gasteiger charge is 1.88. The molecule has 0 spiro atoms. The molecule has 0 rings (SSSR count). The third kappa shape index (κ3) is 10.5. The summed E-state index contributed by atoms with van der Waals surface area (Å²) in [7, 11) is 1.30. The molecule has 2 N–H and O–H groups in total. The molecule has 0 atom stereocenters. The quantitative estimate of drug-likeness (QED) is 0.225. The predicted molar refractivity (Wildman–Crippen MR) is 56.3 cm³/mol. The molecule has 6 heteroatoms. The average molecular weight is 288 g/mol. The lowest BCUT2D eigenvalue weighted by molar-refractivity contribution is -0.161. The first-order valence-electron chi connectivity index (χ1n) is 3.84. The zero-order chi connectivity index (χ0) is 9.23. The maximum Gasteiger partial charge on any atom is 0.0479 e. The highest BCUT2D eigenvalue weighted by atomic mass is 127. The molecule has 0 aliphatic carbocycles. The molecule has 0 saturated carbocycles. The Morgan fingerprint density at radius 1 is 1.42 bits per heavy atom. The molecule has 0 amide bonds. The molecule has 0 aromatic carbocycles. The van der Waals surface area contributed by atoms with Crippen molar-refractivity contribution in [1.82, 2.24) is 16.0 Å². The van der Waals surface area contributed by atoms with E-state index < -0.39 is 0 Å². The van der Waals surface area contributed by atoms with Gasteiger partial charge in [-0.15, -0.1) is 0 Å². The van der Waals surface area contributed by atoms with Crippen molar-refractivity contribution in [1.29, 1.82) is 0 Å². The lowest BCUT2D eigenvalue weighted by Crippen LogP contribution is -2.25. The van der Waals surface area contributed by atoms with Gasteiger partial charge in [-0.25, -0.2) is 10.2 Å². The van der Waals surface area contributed by atoms with Crippen molar-refractivity contribution in [2.75, 3.05) is 24.7 Å². The predicted octanol–water partition coefficient (Wildman–Crippen LogP) is 0.614.